The van der Waals surface area contributed by atoms with Gasteiger partial charge in [-0.05, 0) is 11.8 Å². The van der Waals surface area contributed by atoms with Gasteiger partial charge < -0.3 is 15.2 Å². The first kappa shape index (κ1) is 9.66. The number of nitro groups is 1. The second-order valence-corrected chi connectivity index (χ2v) is 2.88. The van der Waals surface area contributed by atoms with Gasteiger partial charge in [-0.1, -0.05) is 0 Å². The number of aromatic nitrogens is 2. The Labute approximate surface area is 75.0 Å². The Bertz CT molecular complexity index is 319. The summed E-state index contributed by atoms with van der Waals surface area (Å²) < 4.78 is 1.38. The molecule has 1 atom stereocenters. The fourth-order valence-corrected chi connectivity index (χ4v) is 1.09. The maximum atomic E-state index is 10.5. The minimum atomic E-state index is -0.619. The molecule has 0 spiro atoms. The van der Waals surface area contributed by atoms with E-state index in [1.807, 2.05) is 0 Å². The van der Waals surface area contributed by atoms with Crippen molar-refractivity contribution in [3.05, 3.63) is 22.1 Å². The highest BCUT2D eigenvalue weighted by molar-refractivity contribution is 5.18. The second-order valence-electron chi connectivity index (χ2n) is 2.88. The van der Waals surface area contributed by atoms with E-state index in [-0.39, 0.29) is 12.4 Å². The molecule has 1 aromatic rings. The van der Waals surface area contributed by atoms with Crippen LogP contribution in [0.2, 0.25) is 0 Å². The average molecular weight is 185 g/mol. The van der Waals surface area contributed by atoms with E-state index in [1.165, 1.54) is 10.8 Å². The number of aliphatic hydroxyl groups excluding tert-OH is 1. The molecule has 0 aromatic carbocycles. The van der Waals surface area contributed by atoms with Crippen LogP contribution in [-0.2, 0) is 6.54 Å². The normalized spacial score (nSPS) is 12.8. The summed E-state index contributed by atoms with van der Waals surface area (Å²) in [7, 11) is 0. The van der Waals surface area contributed by atoms with E-state index in [0.29, 0.717) is 5.82 Å². The quantitative estimate of drug-likeness (QED) is 0.548. The number of rotatable bonds is 3. The smallest absolute Gasteiger partial charge is 0.342 e. The Morgan fingerprint density at radius 3 is 2.92 bits per heavy atom. The molecule has 0 bridgehead atoms. The Morgan fingerprint density at radius 1 is 1.85 bits per heavy atom. The molecular weight excluding hydrogens is 174 g/mol. The van der Waals surface area contributed by atoms with Crippen LogP contribution in [0, 0.1) is 17.0 Å². The van der Waals surface area contributed by atoms with Crippen molar-refractivity contribution in [1.29, 1.82) is 0 Å². The van der Waals surface area contributed by atoms with Crippen LogP contribution in [0.5, 0.6) is 0 Å². The van der Waals surface area contributed by atoms with Gasteiger partial charge in [0.15, 0.2) is 5.82 Å². The van der Waals surface area contributed by atoms with Crippen LogP contribution in [0.4, 0.5) is 5.82 Å². The molecule has 0 unspecified atom stereocenters. The third-order valence-electron chi connectivity index (χ3n) is 1.67. The summed E-state index contributed by atoms with van der Waals surface area (Å²) in [6.07, 6.45) is 0.573. The minimum absolute atomic E-state index is 0.0848. The van der Waals surface area contributed by atoms with Crippen LogP contribution in [0.25, 0.3) is 0 Å². The molecule has 0 aliphatic carbocycles. The monoisotopic (exact) mass is 185 g/mol. The zero-order valence-electron chi connectivity index (χ0n) is 7.47. The van der Waals surface area contributed by atoms with Crippen LogP contribution in [-0.4, -0.2) is 25.7 Å². The van der Waals surface area contributed by atoms with Gasteiger partial charge in [0.25, 0.3) is 0 Å². The van der Waals surface area contributed by atoms with Crippen LogP contribution in [0.1, 0.15) is 12.7 Å². The van der Waals surface area contributed by atoms with Crippen molar-refractivity contribution < 1.29 is 10.0 Å². The van der Waals surface area contributed by atoms with E-state index in [0.717, 1.165) is 0 Å². The highest BCUT2D eigenvalue weighted by Crippen LogP contribution is 2.13. The van der Waals surface area contributed by atoms with Gasteiger partial charge in [0, 0.05) is 6.92 Å². The molecule has 6 nitrogen and oxygen atoms in total. The summed E-state index contributed by atoms with van der Waals surface area (Å²) in [5.41, 5.74) is 0. The van der Waals surface area contributed by atoms with Crippen molar-refractivity contribution in [2.75, 3.05) is 0 Å². The Morgan fingerprint density at radius 2 is 2.46 bits per heavy atom. The lowest BCUT2D eigenvalue weighted by molar-refractivity contribution is -0.392. The van der Waals surface area contributed by atoms with E-state index >= 15 is 0 Å². The largest absolute Gasteiger partial charge is 0.389 e. The number of hydrogen-bond donors (Lipinski definition) is 1. The van der Waals surface area contributed by atoms with Gasteiger partial charge in [-0.25, -0.2) is 9.55 Å². The summed E-state index contributed by atoms with van der Waals surface area (Å²) in [6, 6.07) is 0. The molecular formula is C7H11N3O3. The van der Waals surface area contributed by atoms with E-state index < -0.39 is 11.0 Å². The summed E-state index contributed by atoms with van der Waals surface area (Å²) in [4.78, 5) is 13.8. The van der Waals surface area contributed by atoms with Gasteiger partial charge in [-0.15, -0.1) is 0 Å². The molecule has 0 aliphatic heterocycles. The summed E-state index contributed by atoms with van der Waals surface area (Å²) in [6.45, 7) is 3.43. The van der Waals surface area contributed by atoms with Crippen molar-refractivity contribution in [2.45, 2.75) is 26.5 Å². The van der Waals surface area contributed by atoms with Crippen LogP contribution < -0.4 is 0 Å². The topological polar surface area (TPSA) is 81.2 Å². The molecule has 6 heteroatoms. The van der Waals surface area contributed by atoms with Gasteiger partial charge in [0.05, 0.1) is 6.10 Å². The summed E-state index contributed by atoms with van der Waals surface area (Å²) in [5, 5.41) is 19.6. The molecule has 0 saturated heterocycles. The van der Waals surface area contributed by atoms with Gasteiger partial charge in [-0.2, -0.15) is 0 Å². The first-order valence-electron chi connectivity index (χ1n) is 3.87. The third kappa shape index (κ3) is 2.03. The van der Waals surface area contributed by atoms with Crippen molar-refractivity contribution in [3.63, 3.8) is 0 Å². The van der Waals surface area contributed by atoms with Crippen LogP contribution >= 0.6 is 0 Å². The zero-order chi connectivity index (χ0) is 10.0. The lowest BCUT2D eigenvalue weighted by atomic mass is 10.4. The van der Waals surface area contributed by atoms with Gasteiger partial charge >= 0.3 is 5.82 Å². The fourth-order valence-electron chi connectivity index (χ4n) is 1.09. The summed E-state index contributed by atoms with van der Waals surface area (Å²) in [5.74, 6) is 0.450. The molecule has 13 heavy (non-hydrogen) atoms. The molecule has 0 saturated carbocycles. The lowest BCUT2D eigenvalue weighted by Crippen LogP contribution is -2.14. The van der Waals surface area contributed by atoms with Gasteiger partial charge in [0.2, 0.25) is 0 Å². The Hall–Kier alpha value is -1.43. The highest BCUT2D eigenvalue weighted by atomic mass is 16.6. The van der Waals surface area contributed by atoms with E-state index in [2.05, 4.69) is 4.98 Å². The molecule has 1 aromatic heterocycles. The first-order valence-corrected chi connectivity index (χ1v) is 3.87. The number of nitrogens with zero attached hydrogens (tertiary/aromatic N) is 3. The lowest BCUT2D eigenvalue weighted by Gasteiger charge is -2.04. The van der Waals surface area contributed by atoms with Crippen molar-refractivity contribution in [3.8, 4) is 0 Å². The van der Waals surface area contributed by atoms with Gasteiger partial charge in [0.1, 0.15) is 12.7 Å². The molecule has 1 rings (SSSR count). The molecule has 0 radical (unpaired) electrons. The first-order chi connectivity index (χ1) is 6.02. The van der Waals surface area contributed by atoms with Crippen molar-refractivity contribution in [1.82, 2.24) is 9.55 Å². The Balaban J connectivity index is 3.01. The average Bonchev–Trinajstić information content (AvgIpc) is 2.32. The van der Waals surface area contributed by atoms with Crippen molar-refractivity contribution in [2.24, 2.45) is 0 Å². The van der Waals surface area contributed by atoms with E-state index in [4.69, 9.17) is 5.11 Å². The van der Waals surface area contributed by atoms with E-state index in [1.54, 1.807) is 13.8 Å². The van der Waals surface area contributed by atoms with E-state index in [9.17, 15) is 10.1 Å². The summed E-state index contributed by atoms with van der Waals surface area (Å²) >= 11 is 0. The molecule has 0 fully saturated rings. The van der Waals surface area contributed by atoms with Gasteiger partial charge in [-0.3, -0.25) is 0 Å². The predicted molar refractivity (Wildman–Crippen MR) is 45.3 cm³/mol. The SMILES string of the molecule is Cc1ncc([N+](=O)[O-])n1C[C@@H](C)O. The Kier molecular flexibility index (Phi) is 2.62. The third-order valence-corrected chi connectivity index (χ3v) is 1.67. The van der Waals surface area contributed by atoms with Crippen molar-refractivity contribution >= 4 is 5.82 Å². The number of imidazole rings is 1. The van der Waals surface area contributed by atoms with Crippen LogP contribution in [0.3, 0.4) is 0 Å². The maximum absolute atomic E-state index is 10.5. The van der Waals surface area contributed by atoms with Crippen LogP contribution in [0.15, 0.2) is 6.20 Å². The molecule has 0 amide bonds. The molecule has 72 valence electrons. The zero-order valence-corrected chi connectivity index (χ0v) is 7.47. The standard InChI is InChI=1S/C7H11N3O3/c1-5(11)4-9-6(2)8-3-7(9)10(12)13/h3,5,11H,4H2,1-2H3/t5-/m1/s1. The highest BCUT2D eigenvalue weighted by Gasteiger charge is 2.18. The predicted octanol–water partition coefficient (Wildman–Crippen LogP) is 0.481. The second kappa shape index (κ2) is 3.53. The molecule has 1 heterocycles. The minimum Gasteiger partial charge on any atom is -0.389 e. The maximum Gasteiger partial charge on any atom is 0.342 e. The number of aryl methyl sites for hydroxylation is 1. The number of hydrogen-bond acceptors (Lipinski definition) is 4. The number of aliphatic hydroxyl groups is 1. The fraction of sp³-hybridized carbons (Fsp3) is 0.571. The molecule has 0 aliphatic rings. The molecule has 1 N–H and O–H groups in total.